The molecule has 94 valence electrons. The van der Waals surface area contributed by atoms with Crippen molar-refractivity contribution in [3.8, 4) is 0 Å². The Morgan fingerprint density at radius 2 is 2.35 bits per heavy atom. The van der Waals surface area contributed by atoms with Crippen LogP contribution in [0.4, 0.5) is 0 Å². The first-order valence-electron chi connectivity index (χ1n) is 6.67. The largest absolute Gasteiger partial charge is 0.312 e. The molecular weight excluding hydrogens is 212 g/mol. The van der Waals surface area contributed by atoms with Gasteiger partial charge in [-0.15, -0.1) is 0 Å². The van der Waals surface area contributed by atoms with Crippen molar-refractivity contribution in [2.75, 3.05) is 19.6 Å². The molecule has 1 aromatic rings. The highest BCUT2D eigenvalue weighted by atomic mass is 15.3. The van der Waals surface area contributed by atoms with Gasteiger partial charge in [-0.3, -0.25) is 9.58 Å². The summed E-state index contributed by atoms with van der Waals surface area (Å²) in [5, 5.41) is 8.07. The minimum atomic E-state index is 0.734. The highest BCUT2D eigenvalue weighted by Crippen LogP contribution is 2.25. The predicted octanol–water partition coefficient (Wildman–Crippen LogP) is 0.912. The van der Waals surface area contributed by atoms with Gasteiger partial charge < -0.3 is 5.32 Å². The van der Waals surface area contributed by atoms with Crippen molar-refractivity contribution in [2.45, 2.75) is 32.4 Å². The molecule has 0 amide bonds. The molecule has 0 bridgehead atoms. The molecule has 2 unspecified atom stereocenters. The second kappa shape index (κ2) is 4.42. The van der Waals surface area contributed by atoms with E-state index >= 15 is 0 Å². The lowest BCUT2D eigenvalue weighted by Gasteiger charge is -2.24. The molecule has 17 heavy (non-hydrogen) atoms. The standard InChI is InChI=1S/C13H22N4/c1-10-6-12(16(2)15-10)8-17-7-11-4-3-5-14-13(11)9-17/h6,11,13-14H,3-5,7-9H2,1-2H3. The van der Waals surface area contributed by atoms with Crippen LogP contribution < -0.4 is 5.32 Å². The van der Waals surface area contributed by atoms with Crippen LogP contribution in [0.1, 0.15) is 24.2 Å². The van der Waals surface area contributed by atoms with Gasteiger partial charge in [0.15, 0.2) is 0 Å². The fourth-order valence-electron chi connectivity index (χ4n) is 3.31. The second-order valence-electron chi connectivity index (χ2n) is 5.56. The molecule has 2 aliphatic heterocycles. The summed E-state index contributed by atoms with van der Waals surface area (Å²) in [5.41, 5.74) is 2.46. The smallest absolute Gasteiger partial charge is 0.0597 e. The molecule has 2 saturated heterocycles. The summed E-state index contributed by atoms with van der Waals surface area (Å²) in [5.74, 6) is 0.873. The van der Waals surface area contributed by atoms with Crippen molar-refractivity contribution >= 4 is 0 Å². The molecule has 1 N–H and O–H groups in total. The number of nitrogens with one attached hydrogen (secondary N) is 1. The van der Waals surface area contributed by atoms with Crippen molar-refractivity contribution in [1.82, 2.24) is 20.0 Å². The van der Waals surface area contributed by atoms with Crippen molar-refractivity contribution in [3.05, 3.63) is 17.5 Å². The quantitative estimate of drug-likeness (QED) is 0.826. The average molecular weight is 234 g/mol. The van der Waals surface area contributed by atoms with Crippen LogP contribution in [0.15, 0.2) is 6.07 Å². The molecule has 0 aromatic carbocycles. The van der Waals surface area contributed by atoms with Crippen LogP contribution in [0.2, 0.25) is 0 Å². The molecule has 0 spiro atoms. The van der Waals surface area contributed by atoms with Gasteiger partial charge in [0, 0.05) is 32.7 Å². The summed E-state index contributed by atoms with van der Waals surface area (Å²) >= 11 is 0. The van der Waals surface area contributed by atoms with Crippen molar-refractivity contribution in [2.24, 2.45) is 13.0 Å². The molecule has 0 aliphatic carbocycles. The van der Waals surface area contributed by atoms with Gasteiger partial charge in [-0.2, -0.15) is 5.10 Å². The lowest BCUT2D eigenvalue weighted by atomic mass is 9.94. The number of fused-ring (bicyclic) bond motifs is 1. The third kappa shape index (κ3) is 2.24. The predicted molar refractivity (Wildman–Crippen MR) is 67.7 cm³/mol. The lowest BCUT2D eigenvalue weighted by Crippen LogP contribution is -2.40. The summed E-state index contributed by atoms with van der Waals surface area (Å²) in [7, 11) is 2.05. The molecule has 4 nitrogen and oxygen atoms in total. The first-order chi connectivity index (χ1) is 8.22. The van der Waals surface area contributed by atoms with Crippen LogP contribution >= 0.6 is 0 Å². The third-order valence-electron chi connectivity index (χ3n) is 4.16. The van der Waals surface area contributed by atoms with E-state index in [-0.39, 0.29) is 0 Å². The Morgan fingerprint density at radius 3 is 3.06 bits per heavy atom. The SMILES string of the molecule is Cc1cc(CN2CC3CCCNC3C2)n(C)n1. The number of hydrogen-bond acceptors (Lipinski definition) is 3. The third-order valence-corrected chi connectivity index (χ3v) is 4.16. The molecule has 1 aromatic heterocycles. The van der Waals surface area contributed by atoms with Gasteiger partial charge in [0.05, 0.1) is 11.4 Å². The van der Waals surface area contributed by atoms with E-state index in [9.17, 15) is 0 Å². The fourth-order valence-corrected chi connectivity index (χ4v) is 3.31. The summed E-state index contributed by atoms with van der Waals surface area (Å²) < 4.78 is 2.02. The molecule has 2 fully saturated rings. The van der Waals surface area contributed by atoms with E-state index in [4.69, 9.17) is 0 Å². The van der Waals surface area contributed by atoms with E-state index in [1.54, 1.807) is 0 Å². The van der Waals surface area contributed by atoms with E-state index in [1.165, 1.54) is 38.2 Å². The van der Waals surface area contributed by atoms with Gasteiger partial charge in [0.1, 0.15) is 0 Å². The zero-order valence-corrected chi connectivity index (χ0v) is 10.8. The van der Waals surface area contributed by atoms with Crippen molar-refractivity contribution in [1.29, 1.82) is 0 Å². The minimum absolute atomic E-state index is 0.734. The number of hydrogen-bond donors (Lipinski definition) is 1. The average Bonchev–Trinajstić information content (AvgIpc) is 2.82. The molecular formula is C13H22N4. The van der Waals surface area contributed by atoms with E-state index in [0.717, 1.165) is 24.2 Å². The molecule has 2 atom stereocenters. The summed E-state index contributed by atoms with van der Waals surface area (Å²) in [4.78, 5) is 2.57. The molecule has 2 aliphatic rings. The van der Waals surface area contributed by atoms with Crippen LogP contribution in [0.5, 0.6) is 0 Å². The highest BCUT2D eigenvalue weighted by molar-refractivity contribution is 5.09. The van der Waals surface area contributed by atoms with Gasteiger partial charge in [-0.25, -0.2) is 0 Å². The number of piperidine rings is 1. The minimum Gasteiger partial charge on any atom is -0.312 e. The van der Waals surface area contributed by atoms with Crippen molar-refractivity contribution < 1.29 is 0 Å². The number of nitrogens with zero attached hydrogens (tertiary/aromatic N) is 3. The Labute approximate surface area is 103 Å². The summed E-state index contributed by atoms with van der Waals surface area (Å²) in [6.45, 7) is 6.78. The maximum atomic E-state index is 4.42. The van der Waals surface area contributed by atoms with Gasteiger partial charge >= 0.3 is 0 Å². The normalized spacial score (nSPS) is 29.5. The van der Waals surface area contributed by atoms with Crippen LogP contribution in [-0.4, -0.2) is 40.4 Å². The van der Waals surface area contributed by atoms with Gasteiger partial charge in [0.25, 0.3) is 0 Å². The number of likely N-dealkylation sites (tertiary alicyclic amines) is 1. The van der Waals surface area contributed by atoms with Gasteiger partial charge in [-0.1, -0.05) is 0 Å². The monoisotopic (exact) mass is 234 g/mol. The lowest BCUT2D eigenvalue weighted by molar-refractivity contribution is 0.304. The Kier molecular flexibility index (Phi) is 2.92. The molecule has 0 saturated carbocycles. The molecule has 4 heteroatoms. The van der Waals surface area contributed by atoms with Crippen molar-refractivity contribution in [3.63, 3.8) is 0 Å². The van der Waals surface area contributed by atoms with E-state index in [1.807, 2.05) is 11.7 Å². The zero-order valence-electron chi connectivity index (χ0n) is 10.8. The molecule has 3 heterocycles. The number of aromatic nitrogens is 2. The topological polar surface area (TPSA) is 33.1 Å². The number of aryl methyl sites for hydroxylation is 2. The van der Waals surface area contributed by atoms with E-state index in [0.29, 0.717) is 0 Å². The molecule has 3 rings (SSSR count). The fraction of sp³-hybridized carbons (Fsp3) is 0.769. The Balaban J connectivity index is 1.65. The van der Waals surface area contributed by atoms with Gasteiger partial charge in [-0.05, 0) is 38.3 Å². The Bertz CT molecular complexity index is 384. The van der Waals surface area contributed by atoms with Crippen LogP contribution in [-0.2, 0) is 13.6 Å². The molecule has 0 radical (unpaired) electrons. The van der Waals surface area contributed by atoms with E-state index < -0.39 is 0 Å². The Morgan fingerprint density at radius 1 is 1.47 bits per heavy atom. The summed E-state index contributed by atoms with van der Waals surface area (Å²) in [6.07, 6.45) is 2.75. The Hall–Kier alpha value is -0.870. The number of rotatable bonds is 2. The first kappa shape index (κ1) is 11.2. The highest BCUT2D eigenvalue weighted by Gasteiger charge is 2.34. The summed E-state index contributed by atoms with van der Waals surface area (Å²) in [6, 6.07) is 2.94. The van der Waals surface area contributed by atoms with Crippen LogP contribution in [0, 0.1) is 12.8 Å². The van der Waals surface area contributed by atoms with E-state index in [2.05, 4.69) is 28.3 Å². The maximum absolute atomic E-state index is 4.42. The maximum Gasteiger partial charge on any atom is 0.0597 e. The zero-order chi connectivity index (χ0) is 11.8. The van der Waals surface area contributed by atoms with Crippen LogP contribution in [0.25, 0.3) is 0 Å². The van der Waals surface area contributed by atoms with Crippen LogP contribution in [0.3, 0.4) is 0 Å². The first-order valence-corrected chi connectivity index (χ1v) is 6.67. The van der Waals surface area contributed by atoms with Gasteiger partial charge in [0.2, 0.25) is 0 Å². The second-order valence-corrected chi connectivity index (χ2v) is 5.56.